The van der Waals surface area contributed by atoms with Crippen LogP contribution < -0.4 is 27.8 Å². The number of hydrogen-bond donors (Lipinski definition) is 6. The van der Waals surface area contributed by atoms with Crippen molar-refractivity contribution in [3.63, 3.8) is 0 Å². The zero-order chi connectivity index (χ0) is 20.8. The lowest BCUT2D eigenvalue weighted by Gasteiger charge is -2.22. The molecule has 156 valence electrons. The van der Waals surface area contributed by atoms with E-state index in [9.17, 15) is 24.3 Å². The molecule has 10 nitrogen and oxygen atoms in total. The minimum atomic E-state index is -1.14. The second-order valence-electron chi connectivity index (χ2n) is 6.14. The van der Waals surface area contributed by atoms with Crippen molar-refractivity contribution in [2.45, 2.75) is 56.7 Å². The number of aliphatic carboxylic acids is 1. The van der Waals surface area contributed by atoms with Crippen LogP contribution in [-0.4, -0.2) is 65.5 Å². The molecular formula is C16H31N5O5S. The van der Waals surface area contributed by atoms with Crippen molar-refractivity contribution in [3.05, 3.63) is 0 Å². The zero-order valence-corrected chi connectivity index (χ0v) is 16.4. The fourth-order valence-electron chi connectivity index (χ4n) is 2.23. The Kier molecular flexibility index (Phi) is 13.3. The Morgan fingerprint density at radius 2 is 1.63 bits per heavy atom. The zero-order valence-electron chi connectivity index (χ0n) is 15.6. The van der Waals surface area contributed by atoms with Crippen molar-refractivity contribution < 1.29 is 24.3 Å². The molecule has 0 aromatic rings. The fourth-order valence-corrected chi connectivity index (χ4v) is 2.71. The van der Waals surface area contributed by atoms with Gasteiger partial charge in [-0.2, -0.15) is 11.8 Å². The number of nitrogens with two attached hydrogens (primary N) is 3. The smallest absolute Gasteiger partial charge is 0.326 e. The van der Waals surface area contributed by atoms with E-state index in [-0.39, 0.29) is 19.3 Å². The van der Waals surface area contributed by atoms with Gasteiger partial charge in [0.1, 0.15) is 12.1 Å². The average molecular weight is 406 g/mol. The Labute approximate surface area is 163 Å². The molecule has 0 aliphatic carbocycles. The number of rotatable bonds is 15. The van der Waals surface area contributed by atoms with Gasteiger partial charge in [0.05, 0.1) is 6.04 Å². The summed E-state index contributed by atoms with van der Waals surface area (Å²) in [5.74, 6) is -2.31. The predicted molar refractivity (Wildman–Crippen MR) is 104 cm³/mol. The highest BCUT2D eigenvalue weighted by Crippen LogP contribution is 2.06. The lowest BCUT2D eigenvalue weighted by molar-refractivity contribution is -0.142. The summed E-state index contributed by atoms with van der Waals surface area (Å²) in [5, 5.41) is 14.3. The number of carbonyl (C=O) groups excluding carboxylic acids is 3. The molecule has 27 heavy (non-hydrogen) atoms. The average Bonchev–Trinajstić information content (AvgIpc) is 2.61. The second-order valence-corrected chi connectivity index (χ2v) is 7.12. The number of thioether (sulfide) groups is 1. The van der Waals surface area contributed by atoms with Gasteiger partial charge < -0.3 is 32.9 Å². The Bertz CT molecular complexity index is 506. The van der Waals surface area contributed by atoms with Crippen LogP contribution in [0.2, 0.25) is 0 Å². The van der Waals surface area contributed by atoms with Crippen LogP contribution in [0.3, 0.4) is 0 Å². The van der Waals surface area contributed by atoms with Gasteiger partial charge in [0.2, 0.25) is 17.7 Å². The monoisotopic (exact) mass is 405 g/mol. The molecule has 3 atom stereocenters. The molecule has 0 saturated carbocycles. The van der Waals surface area contributed by atoms with Crippen LogP contribution >= 0.6 is 11.8 Å². The first kappa shape index (κ1) is 25.1. The van der Waals surface area contributed by atoms with Crippen LogP contribution in [0.4, 0.5) is 0 Å². The highest BCUT2D eigenvalue weighted by Gasteiger charge is 2.27. The second kappa shape index (κ2) is 14.2. The summed E-state index contributed by atoms with van der Waals surface area (Å²) >= 11 is 1.49. The van der Waals surface area contributed by atoms with Crippen LogP contribution in [0.5, 0.6) is 0 Å². The third-order valence-corrected chi connectivity index (χ3v) is 4.49. The summed E-state index contributed by atoms with van der Waals surface area (Å²) < 4.78 is 0. The molecule has 0 saturated heterocycles. The number of carboxylic acid groups (broad SMARTS) is 1. The number of amides is 3. The molecule has 0 aromatic carbocycles. The normalized spacial score (nSPS) is 14.0. The van der Waals surface area contributed by atoms with Crippen LogP contribution in [0.1, 0.15) is 38.5 Å². The first-order valence-electron chi connectivity index (χ1n) is 8.79. The summed E-state index contributed by atoms with van der Waals surface area (Å²) in [6.07, 6.45) is 3.65. The summed E-state index contributed by atoms with van der Waals surface area (Å²) in [6, 6.07) is -2.95. The first-order valence-corrected chi connectivity index (χ1v) is 10.2. The summed E-state index contributed by atoms with van der Waals surface area (Å²) in [6.45, 7) is 0.440. The lowest BCUT2D eigenvalue weighted by atomic mass is 10.1. The molecule has 0 aliphatic rings. The summed E-state index contributed by atoms with van der Waals surface area (Å²) in [5.41, 5.74) is 16.1. The fraction of sp³-hybridized carbons (Fsp3) is 0.750. The van der Waals surface area contributed by atoms with E-state index in [0.29, 0.717) is 31.6 Å². The maximum Gasteiger partial charge on any atom is 0.326 e. The van der Waals surface area contributed by atoms with Gasteiger partial charge in [0.25, 0.3) is 0 Å². The van der Waals surface area contributed by atoms with Gasteiger partial charge in [-0.15, -0.1) is 0 Å². The van der Waals surface area contributed by atoms with E-state index in [1.807, 2.05) is 6.26 Å². The number of primary amides is 1. The molecule has 0 bridgehead atoms. The van der Waals surface area contributed by atoms with Gasteiger partial charge in [-0.1, -0.05) is 0 Å². The molecule has 0 aliphatic heterocycles. The van der Waals surface area contributed by atoms with Crippen molar-refractivity contribution in [1.29, 1.82) is 0 Å². The molecule has 3 amide bonds. The molecule has 11 heteroatoms. The summed E-state index contributed by atoms with van der Waals surface area (Å²) in [4.78, 5) is 46.8. The molecule has 3 unspecified atom stereocenters. The number of carbonyl (C=O) groups is 4. The van der Waals surface area contributed by atoms with E-state index in [1.165, 1.54) is 11.8 Å². The van der Waals surface area contributed by atoms with Crippen LogP contribution in [0, 0.1) is 0 Å². The van der Waals surface area contributed by atoms with E-state index < -0.39 is 41.8 Å². The Morgan fingerprint density at radius 1 is 1.00 bits per heavy atom. The number of hydrogen-bond acceptors (Lipinski definition) is 7. The summed E-state index contributed by atoms with van der Waals surface area (Å²) in [7, 11) is 0. The molecule has 0 rings (SSSR count). The molecular weight excluding hydrogens is 374 g/mol. The number of unbranched alkanes of at least 4 members (excludes halogenated alkanes) is 1. The van der Waals surface area contributed by atoms with Crippen molar-refractivity contribution >= 4 is 35.5 Å². The molecule has 0 fully saturated rings. The number of carboxylic acids is 1. The molecule has 0 heterocycles. The first-order chi connectivity index (χ1) is 12.7. The maximum atomic E-state index is 12.5. The third-order valence-electron chi connectivity index (χ3n) is 3.84. The van der Waals surface area contributed by atoms with Crippen LogP contribution in [0.25, 0.3) is 0 Å². The van der Waals surface area contributed by atoms with Gasteiger partial charge in [-0.3, -0.25) is 14.4 Å². The molecule has 0 aromatic heterocycles. The lowest BCUT2D eigenvalue weighted by Crippen LogP contribution is -2.54. The largest absolute Gasteiger partial charge is 0.480 e. The van der Waals surface area contributed by atoms with Gasteiger partial charge in [0.15, 0.2) is 0 Å². The van der Waals surface area contributed by atoms with Crippen molar-refractivity contribution in [1.82, 2.24) is 10.6 Å². The maximum absolute atomic E-state index is 12.5. The molecule has 9 N–H and O–H groups in total. The van der Waals surface area contributed by atoms with E-state index >= 15 is 0 Å². The SMILES string of the molecule is CSCCC(NC(=O)C(N)CCC(N)=O)C(=O)NC(CCCCN)C(=O)O. The van der Waals surface area contributed by atoms with E-state index in [2.05, 4.69) is 10.6 Å². The highest BCUT2D eigenvalue weighted by atomic mass is 32.2. The van der Waals surface area contributed by atoms with Gasteiger partial charge in [-0.05, 0) is 50.7 Å². The minimum Gasteiger partial charge on any atom is -0.480 e. The minimum absolute atomic E-state index is 0.0432. The van der Waals surface area contributed by atoms with Crippen LogP contribution in [-0.2, 0) is 19.2 Å². The van der Waals surface area contributed by atoms with Gasteiger partial charge in [-0.25, -0.2) is 4.79 Å². The highest BCUT2D eigenvalue weighted by molar-refractivity contribution is 7.98. The van der Waals surface area contributed by atoms with Crippen molar-refractivity contribution in [2.75, 3.05) is 18.6 Å². The number of nitrogens with one attached hydrogen (secondary N) is 2. The predicted octanol–water partition coefficient (Wildman–Crippen LogP) is -1.48. The van der Waals surface area contributed by atoms with Gasteiger partial charge >= 0.3 is 5.97 Å². The van der Waals surface area contributed by atoms with E-state index in [4.69, 9.17) is 17.2 Å². The topological polar surface area (TPSA) is 191 Å². The quantitative estimate of drug-likeness (QED) is 0.178. The Balaban J connectivity index is 4.87. The van der Waals surface area contributed by atoms with Crippen LogP contribution in [0.15, 0.2) is 0 Å². The third kappa shape index (κ3) is 11.5. The standard InChI is InChI=1S/C16H31N5O5S/c1-27-9-7-11(20-14(23)10(18)5-6-13(19)22)15(24)21-12(16(25)26)4-2-3-8-17/h10-12H,2-9,17-18H2,1H3,(H2,19,22)(H,20,23)(H,21,24)(H,25,26). The molecule has 0 radical (unpaired) electrons. The van der Waals surface area contributed by atoms with E-state index in [1.54, 1.807) is 0 Å². The van der Waals surface area contributed by atoms with Crippen molar-refractivity contribution in [2.24, 2.45) is 17.2 Å². The Hall–Kier alpha value is -1.85. The van der Waals surface area contributed by atoms with Crippen molar-refractivity contribution in [3.8, 4) is 0 Å². The Morgan fingerprint density at radius 3 is 2.15 bits per heavy atom. The van der Waals surface area contributed by atoms with Gasteiger partial charge in [0, 0.05) is 6.42 Å². The van der Waals surface area contributed by atoms with E-state index in [0.717, 1.165) is 0 Å². The molecule has 0 spiro atoms.